The topological polar surface area (TPSA) is 74.2 Å². The molecule has 0 fully saturated rings. The maximum Gasteiger partial charge on any atom is 0.234 e. The molecule has 3 rings (SSSR count). The molecule has 2 aromatic carbocycles. The number of primary amides is 1. The lowest BCUT2D eigenvalue weighted by molar-refractivity contribution is -0.119. The van der Waals surface area contributed by atoms with Crippen molar-refractivity contribution < 1.29 is 4.79 Å². The molecule has 0 saturated heterocycles. The van der Waals surface area contributed by atoms with Crippen LogP contribution in [0.2, 0.25) is 0 Å². The summed E-state index contributed by atoms with van der Waals surface area (Å²) >= 11 is 0. The number of amides is 1. The molecule has 0 saturated carbocycles. The molecule has 0 aliphatic rings. The molecule has 0 aliphatic carbocycles. The van der Waals surface area contributed by atoms with E-state index in [-0.39, 0.29) is 17.9 Å². The quantitative estimate of drug-likeness (QED) is 0.613. The van der Waals surface area contributed by atoms with Gasteiger partial charge in [0.15, 0.2) is 0 Å². The van der Waals surface area contributed by atoms with E-state index in [1.54, 1.807) is 6.92 Å². The van der Waals surface area contributed by atoms with Crippen LogP contribution in [0.25, 0.3) is 10.9 Å². The third kappa shape index (κ3) is 3.73. The number of anilines is 1. The van der Waals surface area contributed by atoms with Crippen molar-refractivity contribution in [2.24, 2.45) is 5.73 Å². The zero-order chi connectivity index (χ0) is 18.7. The predicted molar refractivity (Wildman–Crippen MR) is 108 cm³/mol. The number of H-pyrrole nitrogens is 1. The number of nitrogens with two attached hydrogens (primary N) is 1. The first kappa shape index (κ1) is 18.0. The van der Waals surface area contributed by atoms with Crippen LogP contribution in [-0.4, -0.2) is 37.6 Å². The predicted octanol–water partition coefficient (Wildman–Crippen LogP) is 2.83. The molecule has 1 aromatic heterocycles. The van der Waals surface area contributed by atoms with Gasteiger partial charge in [-0.05, 0) is 36.2 Å². The molecule has 0 aliphatic heterocycles. The molecule has 2 atom stereocenters. The fourth-order valence-electron chi connectivity index (χ4n) is 3.19. The van der Waals surface area contributed by atoms with Crippen LogP contribution in [-0.2, 0) is 4.79 Å². The molecule has 0 bridgehead atoms. The Balaban J connectivity index is 1.97. The summed E-state index contributed by atoms with van der Waals surface area (Å²) in [6, 6.07) is 16.4. The smallest absolute Gasteiger partial charge is 0.234 e. The number of aromatic nitrogens is 1. The minimum Gasteiger partial charge on any atom is -0.378 e. The van der Waals surface area contributed by atoms with Gasteiger partial charge in [0.1, 0.15) is 0 Å². The lowest BCUT2D eigenvalue weighted by Gasteiger charge is -2.21. The van der Waals surface area contributed by atoms with Crippen molar-refractivity contribution >= 4 is 22.5 Å². The fraction of sp³-hybridized carbons (Fsp3) is 0.286. The molecule has 4 N–H and O–H groups in total. The Morgan fingerprint density at radius 2 is 1.85 bits per heavy atom. The van der Waals surface area contributed by atoms with Gasteiger partial charge >= 0.3 is 0 Å². The number of nitrogens with zero attached hydrogens (tertiary/aromatic N) is 1. The molecular formula is C21H26N4O. The van der Waals surface area contributed by atoms with E-state index in [0.29, 0.717) is 6.54 Å². The highest BCUT2D eigenvalue weighted by Gasteiger charge is 2.20. The van der Waals surface area contributed by atoms with E-state index >= 15 is 0 Å². The van der Waals surface area contributed by atoms with Crippen LogP contribution in [0.15, 0.2) is 54.7 Å². The molecule has 136 valence electrons. The first-order valence-corrected chi connectivity index (χ1v) is 8.83. The molecular weight excluding hydrogens is 324 g/mol. The van der Waals surface area contributed by atoms with Crippen molar-refractivity contribution in [1.82, 2.24) is 10.3 Å². The van der Waals surface area contributed by atoms with Gasteiger partial charge in [-0.15, -0.1) is 0 Å². The fourth-order valence-corrected chi connectivity index (χ4v) is 3.19. The summed E-state index contributed by atoms with van der Waals surface area (Å²) in [7, 11) is 4.06. The van der Waals surface area contributed by atoms with E-state index in [9.17, 15) is 4.79 Å². The van der Waals surface area contributed by atoms with Crippen LogP contribution in [0, 0.1) is 0 Å². The highest BCUT2D eigenvalue weighted by Crippen LogP contribution is 2.31. The minimum atomic E-state index is -0.372. The highest BCUT2D eigenvalue weighted by atomic mass is 16.1. The SMILES string of the molecule is C[C@@H](NC[C@H](c1ccc(N(C)C)cc1)c1c[nH]c2ccccc12)C(N)=O. The second-order valence-corrected chi connectivity index (χ2v) is 6.86. The van der Waals surface area contributed by atoms with Crippen molar-refractivity contribution in [1.29, 1.82) is 0 Å². The van der Waals surface area contributed by atoms with Crippen molar-refractivity contribution in [2.75, 3.05) is 25.5 Å². The van der Waals surface area contributed by atoms with Gasteiger partial charge in [-0.3, -0.25) is 4.79 Å². The van der Waals surface area contributed by atoms with Crippen LogP contribution < -0.4 is 16.0 Å². The molecule has 3 aromatic rings. The van der Waals surface area contributed by atoms with Crippen molar-refractivity contribution in [3.8, 4) is 0 Å². The Kier molecular flexibility index (Phi) is 5.28. The minimum absolute atomic E-state index is 0.115. The number of fused-ring (bicyclic) bond motifs is 1. The van der Waals surface area contributed by atoms with Crippen LogP contribution in [0.4, 0.5) is 5.69 Å². The number of carbonyl (C=O) groups excluding carboxylic acids is 1. The summed E-state index contributed by atoms with van der Waals surface area (Å²) in [5, 5.41) is 4.47. The summed E-state index contributed by atoms with van der Waals surface area (Å²) in [6.45, 7) is 2.43. The summed E-state index contributed by atoms with van der Waals surface area (Å²) in [6.07, 6.45) is 2.06. The Morgan fingerprint density at radius 3 is 2.50 bits per heavy atom. The van der Waals surface area contributed by atoms with E-state index in [1.807, 2.05) is 26.2 Å². The molecule has 1 heterocycles. The monoisotopic (exact) mass is 350 g/mol. The van der Waals surface area contributed by atoms with Crippen LogP contribution in [0.5, 0.6) is 0 Å². The number of hydrogen-bond donors (Lipinski definition) is 3. The van der Waals surface area contributed by atoms with Gasteiger partial charge in [-0.1, -0.05) is 30.3 Å². The number of nitrogens with one attached hydrogen (secondary N) is 2. The second-order valence-electron chi connectivity index (χ2n) is 6.86. The van der Waals surface area contributed by atoms with Gasteiger partial charge in [0.05, 0.1) is 6.04 Å². The number of benzene rings is 2. The van der Waals surface area contributed by atoms with E-state index < -0.39 is 0 Å². The standard InChI is InChI=1S/C21H26N4O/c1-14(21(22)26)23-12-18(15-8-10-16(11-9-15)25(2)3)19-13-24-20-7-5-4-6-17(19)20/h4-11,13-14,18,23-24H,12H2,1-3H3,(H2,22,26)/t14-,18-/m1/s1. The van der Waals surface area contributed by atoms with E-state index in [0.717, 1.165) is 11.2 Å². The Hall–Kier alpha value is -2.79. The lowest BCUT2D eigenvalue weighted by Crippen LogP contribution is -2.40. The van der Waals surface area contributed by atoms with Crippen LogP contribution in [0.3, 0.4) is 0 Å². The second kappa shape index (κ2) is 7.62. The average molecular weight is 350 g/mol. The zero-order valence-electron chi connectivity index (χ0n) is 15.5. The van der Waals surface area contributed by atoms with Gasteiger partial charge in [0, 0.05) is 49.3 Å². The maximum absolute atomic E-state index is 11.4. The molecule has 0 spiro atoms. The Labute approximate surface area is 154 Å². The number of carbonyl (C=O) groups is 1. The van der Waals surface area contributed by atoms with Gasteiger partial charge in [-0.25, -0.2) is 0 Å². The normalized spacial score (nSPS) is 13.5. The van der Waals surface area contributed by atoms with Crippen molar-refractivity contribution in [3.05, 3.63) is 65.9 Å². The Morgan fingerprint density at radius 1 is 1.15 bits per heavy atom. The van der Waals surface area contributed by atoms with Gasteiger partial charge < -0.3 is 20.9 Å². The molecule has 1 amide bonds. The van der Waals surface area contributed by atoms with E-state index in [4.69, 9.17) is 5.73 Å². The number of para-hydroxylation sites is 1. The third-order valence-corrected chi connectivity index (χ3v) is 4.86. The van der Waals surface area contributed by atoms with Crippen LogP contribution >= 0.6 is 0 Å². The largest absolute Gasteiger partial charge is 0.378 e. The first-order valence-electron chi connectivity index (χ1n) is 8.83. The van der Waals surface area contributed by atoms with Gasteiger partial charge in [-0.2, -0.15) is 0 Å². The molecule has 5 heteroatoms. The lowest BCUT2D eigenvalue weighted by atomic mass is 9.90. The maximum atomic E-state index is 11.4. The Bertz CT molecular complexity index is 882. The molecule has 26 heavy (non-hydrogen) atoms. The van der Waals surface area contributed by atoms with Crippen molar-refractivity contribution in [3.63, 3.8) is 0 Å². The summed E-state index contributed by atoms with van der Waals surface area (Å²) in [5.74, 6) is -0.227. The zero-order valence-corrected chi connectivity index (χ0v) is 15.5. The molecule has 5 nitrogen and oxygen atoms in total. The number of hydrogen-bond acceptors (Lipinski definition) is 3. The average Bonchev–Trinajstić information content (AvgIpc) is 3.06. The molecule has 0 radical (unpaired) electrons. The third-order valence-electron chi connectivity index (χ3n) is 4.86. The van der Waals surface area contributed by atoms with Gasteiger partial charge in [0.2, 0.25) is 5.91 Å². The first-order chi connectivity index (χ1) is 12.5. The van der Waals surface area contributed by atoms with E-state index in [1.165, 1.54) is 16.5 Å². The molecule has 0 unspecified atom stereocenters. The number of aromatic amines is 1. The summed E-state index contributed by atoms with van der Waals surface area (Å²) in [4.78, 5) is 16.8. The van der Waals surface area contributed by atoms with Gasteiger partial charge in [0.25, 0.3) is 0 Å². The highest BCUT2D eigenvalue weighted by molar-refractivity contribution is 5.84. The summed E-state index contributed by atoms with van der Waals surface area (Å²) < 4.78 is 0. The number of rotatable bonds is 7. The van der Waals surface area contributed by atoms with E-state index in [2.05, 4.69) is 57.8 Å². The van der Waals surface area contributed by atoms with Crippen molar-refractivity contribution in [2.45, 2.75) is 18.9 Å². The summed E-state index contributed by atoms with van der Waals surface area (Å²) in [5.41, 5.74) is 10.1. The van der Waals surface area contributed by atoms with Crippen LogP contribution in [0.1, 0.15) is 24.0 Å².